The summed E-state index contributed by atoms with van der Waals surface area (Å²) in [6.07, 6.45) is 3.21. The van der Waals surface area contributed by atoms with Crippen molar-refractivity contribution in [3.63, 3.8) is 0 Å². The molecule has 1 aromatic carbocycles. The fourth-order valence-electron chi connectivity index (χ4n) is 2.63. The maximum Gasteiger partial charge on any atom is 0.243 e. The number of hydrogen-bond donors (Lipinski definition) is 1. The Morgan fingerprint density at radius 3 is 2.60 bits per heavy atom. The van der Waals surface area contributed by atoms with Gasteiger partial charge in [-0.25, -0.2) is 8.42 Å². The van der Waals surface area contributed by atoms with E-state index in [2.05, 4.69) is 0 Å². The summed E-state index contributed by atoms with van der Waals surface area (Å²) in [6.45, 7) is 0.131. The molecule has 1 N–H and O–H groups in total. The van der Waals surface area contributed by atoms with Gasteiger partial charge in [0.1, 0.15) is 5.75 Å². The van der Waals surface area contributed by atoms with Crippen LogP contribution in [0.5, 0.6) is 5.75 Å². The van der Waals surface area contributed by atoms with E-state index in [1.165, 1.54) is 30.6 Å². The van der Waals surface area contributed by atoms with Crippen molar-refractivity contribution >= 4 is 10.0 Å². The molecular weight excluding hydrogens is 278 g/mol. The molecule has 0 unspecified atom stereocenters. The highest BCUT2D eigenvalue weighted by Gasteiger charge is 2.35. The van der Waals surface area contributed by atoms with E-state index in [9.17, 15) is 13.5 Å². The van der Waals surface area contributed by atoms with Crippen molar-refractivity contribution in [1.29, 1.82) is 0 Å². The minimum absolute atomic E-state index is 0.131. The Hall–Kier alpha value is -1.11. The van der Waals surface area contributed by atoms with Gasteiger partial charge >= 0.3 is 0 Å². The van der Waals surface area contributed by atoms with Gasteiger partial charge in [0.15, 0.2) is 0 Å². The van der Waals surface area contributed by atoms with E-state index in [1.54, 1.807) is 12.1 Å². The average molecular weight is 299 g/mol. The fourth-order valence-corrected chi connectivity index (χ4v) is 3.92. The summed E-state index contributed by atoms with van der Waals surface area (Å²) in [7, 11) is -0.602. The van der Waals surface area contributed by atoms with Gasteiger partial charge in [-0.2, -0.15) is 4.31 Å². The van der Waals surface area contributed by atoms with Crippen molar-refractivity contribution < 1.29 is 18.3 Å². The van der Waals surface area contributed by atoms with Gasteiger partial charge < -0.3 is 9.84 Å². The molecule has 5 nitrogen and oxygen atoms in total. The van der Waals surface area contributed by atoms with Crippen molar-refractivity contribution in [2.75, 3.05) is 20.7 Å². The topological polar surface area (TPSA) is 66.8 Å². The zero-order valence-corrected chi connectivity index (χ0v) is 12.7. The Balaban J connectivity index is 2.20. The number of benzene rings is 1. The van der Waals surface area contributed by atoms with Crippen LogP contribution in [0.3, 0.4) is 0 Å². The first-order valence-electron chi connectivity index (χ1n) is 6.70. The van der Waals surface area contributed by atoms with E-state index in [-0.39, 0.29) is 11.4 Å². The number of hydrogen-bond acceptors (Lipinski definition) is 4. The lowest BCUT2D eigenvalue weighted by Crippen LogP contribution is -2.41. The van der Waals surface area contributed by atoms with Crippen LogP contribution in [-0.4, -0.2) is 44.1 Å². The molecule has 1 aromatic rings. The number of nitrogens with zero attached hydrogens (tertiary/aromatic N) is 1. The summed E-state index contributed by atoms with van der Waals surface area (Å²) < 4.78 is 31.3. The third-order valence-electron chi connectivity index (χ3n) is 3.80. The summed E-state index contributed by atoms with van der Waals surface area (Å²) in [5.74, 6) is 0.499. The van der Waals surface area contributed by atoms with Crippen LogP contribution in [0.25, 0.3) is 0 Å². The number of methoxy groups -OCH3 is 1. The van der Waals surface area contributed by atoms with Crippen LogP contribution in [0.15, 0.2) is 29.2 Å². The van der Waals surface area contributed by atoms with Gasteiger partial charge in [-0.15, -0.1) is 0 Å². The molecule has 0 bridgehead atoms. The van der Waals surface area contributed by atoms with E-state index in [0.717, 1.165) is 12.8 Å². The van der Waals surface area contributed by atoms with Crippen LogP contribution in [0.2, 0.25) is 0 Å². The van der Waals surface area contributed by atoms with E-state index in [1.807, 2.05) is 0 Å². The predicted octanol–water partition coefficient (Wildman–Crippen LogP) is 1.62. The monoisotopic (exact) mass is 299 g/mol. The molecule has 0 aromatic heterocycles. The van der Waals surface area contributed by atoms with Crippen LogP contribution in [0.4, 0.5) is 0 Å². The molecule has 1 saturated carbocycles. The molecule has 6 heteroatoms. The van der Waals surface area contributed by atoms with Gasteiger partial charge in [-0.05, 0) is 25.0 Å². The molecule has 2 rings (SSSR count). The van der Waals surface area contributed by atoms with E-state index in [4.69, 9.17) is 4.74 Å². The smallest absolute Gasteiger partial charge is 0.243 e. The standard InChI is InChI=1S/C14H21NO4S/c1-15(11-14(16)8-3-4-9-14)20(17,18)13-7-5-6-12(10-13)19-2/h5-7,10,16H,3-4,8-9,11H2,1-2H3. The molecule has 20 heavy (non-hydrogen) atoms. The van der Waals surface area contributed by atoms with Crippen LogP contribution in [-0.2, 0) is 10.0 Å². The lowest BCUT2D eigenvalue weighted by atomic mass is 10.0. The molecule has 0 heterocycles. The number of likely N-dealkylation sites (N-methyl/N-ethyl adjacent to an activating group) is 1. The first-order valence-corrected chi connectivity index (χ1v) is 8.14. The van der Waals surface area contributed by atoms with Crippen LogP contribution in [0.1, 0.15) is 25.7 Å². The van der Waals surface area contributed by atoms with Crippen LogP contribution >= 0.6 is 0 Å². The van der Waals surface area contributed by atoms with Gasteiger partial charge in [-0.1, -0.05) is 18.9 Å². The first kappa shape index (κ1) is 15.3. The molecule has 0 saturated heterocycles. The largest absolute Gasteiger partial charge is 0.497 e. The maximum atomic E-state index is 12.5. The zero-order chi connectivity index (χ0) is 14.8. The second kappa shape index (κ2) is 5.71. The molecule has 1 aliphatic rings. The highest BCUT2D eigenvalue weighted by Crippen LogP contribution is 2.31. The second-order valence-electron chi connectivity index (χ2n) is 5.37. The summed E-state index contributed by atoms with van der Waals surface area (Å²) in [4.78, 5) is 0.181. The molecule has 0 radical (unpaired) electrons. The number of aliphatic hydroxyl groups is 1. The molecule has 0 atom stereocenters. The number of sulfonamides is 1. The molecular formula is C14H21NO4S. The molecule has 0 amide bonds. The Labute approximate surface area is 120 Å². The average Bonchev–Trinajstić information content (AvgIpc) is 2.85. The molecule has 0 aliphatic heterocycles. The van der Waals surface area contributed by atoms with Crippen LogP contribution in [0, 0.1) is 0 Å². The third kappa shape index (κ3) is 3.13. The minimum atomic E-state index is -3.60. The Kier molecular flexibility index (Phi) is 4.36. The Morgan fingerprint density at radius 1 is 1.35 bits per heavy atom. The SMILES string of the molecule is COc1cccc(S(=O)(=O)N(C)CC2(O)CCCC2)c1. The van der Waals surface area contributed by atoms with Gasteiger partial charge in [0.05, 0.1) is 17.6 Å². The van der Waals surface area contributed by atoms with Crippen molar-refractivity contribution in [1.82, 2.24) is 4.31 Å². The van der Waals surface area contributed by atoms with Gasteiger partial charge in [0.2, 0.25) is 10.0 Å². The summed E-state index contributed by atoms with van der Waals surface area (Å²) >= 11 is 0. The summed E-state index contributed by atoms with van der Waals surface area (Å²) in [5, 5.41) is 10.3. The fraction of sp³-hybridized carbons (Fsp3) is 0.571. The molecule has 112 valence electrons. The van der Waals surface area contributed by atoms with Crippen LogP contribution < -0.4 is 4.74 Å². The first-order chi connectivity index (χ1) is 9.37. The highest BCUT2D eigenvalue weighted by molar-refractivity contribution is 7.89. The quantitative estimate of drug-likeness (QED) is 0.897. The van der Waals surface area contributed by atoms with Crippen molar-refractivity contribution in [3.05, 3.63) is 24.3 Å². The lowest BCUT2D eigenvalue weighted by molar-refractivity contribution is 0.0333. The number of rotatable bonds is 5. The Morgan fingerprint density at radius 2 is 2.00 bits per heavy atom. The number of ether oxygens (including phenoxy) is 1. The van der Waals surface area contributed by atoms with Crippen molar-refractivity contribution in [3.8, 4) is 5.75 Å². The zero-order valence-electron chi connectivity index (χ0n) is 11.9. The van der Waals surface area contributed by atoms with Gasteiger partial charge in [-0.3, -0.25) is 0 Å². The van der Waals surface area contributed by atoms with Gasteiger partial charge in [0.25, 0.3) is 0 Å². The molecule has 1 fully saturated rings. The molecule has 1 aliphatic carbocycles. The molecule has 0 spiro atoms. The van der Waals surface area contributed by atoms with Crippen molar-refractivity contribution in [2.24, 2.45) is 0 Å². The summed E-state index contributed by atoms with van der Waals surface area (Å²) in [5.41, 5.74) is -0.888. The maximum absolute atomic E-state index is 12.5. The third-order valence-corrected chi connectivity index (χ3v) is 5.60. The van der Waals surface area contributed by atoms with E-state index < -0.39 is 15.6 Å². The Bertz CT molecular complexity index is 564. The minimum Gasteiger partial charge on any atom is -0.497 e. The normalized spacial score (nSPS) is 18.4. The van der Waals surface area contributed by atoms with Crippen molar-refractivity contribution in [2.45, 2.75) is 36.2 Å². The highest BCUT2D eigenvalue weighted by atomic mass is 32.2. The van der Waals surface area contributed by atoms with Gasteiger partial charge in [0, 0.05) is 19.7 Å². The van der Waals surface area contributed by atoms with E-state index in [0.29, 0.717) is 18.6 Å². The second-order valence-corrected chi connectivity index (χ2v) is 7.42. The summed E-state index contributed by atoms with van der Waals surface area (Å²) in [6, 6.07) is 6.37. The predicted molar refractivity (Wildman–Crippen MR) is 76.2 cm³/mol. The van der Waals surface area contributed by atoms with E-state index >= 15 is 0 Å². The lowest BCUT2D eigenvalue weighted by Gasteiger charge is -2.28.